The molecule has 1 unspecified atom stereocenters. The molecule has 2 aromatic heterocycles. The van der Waals surface area contributed by atoms with E-state index in [0.29, 0.717) is 29.2 Å². The molecule has 0 aliphatic heterocycles. The first-order valence-corrected chi connectivity index (χ1v) is 10.1. The molecule has 0 aliphatic carbocycles. The number of benzene rings is 1. The van der Waals surface area contributed by atoms with E-state index in [-0.39, 0.29) is 0 Å². The van der Waals surface area contributed by atoms with Gasteiger partial charge in [0, 0.05) is 29.6 Å². The van der Waals surface area contributed by atoms with Crippen molar-refractivity contribution < 1.29 is 5.11 Å². The summed E-state index contributed by atoms with van der Waals surface area (Å²) in [6.45, 7) is 8.16. The van der Waals surface area contributed by atoms with Gasteiger partial charge in [0.05, 0.1) is 0 Å². The third-order valence-corrected chi connectivity index (χ3v) is 4.87. The van der Waals surface area contributed by atoms with E-state index in [0.717, 1.165) is 22.8 Å². The van der Waals surface area contributed by atoms with E-state index in [1.165, 1.54) is 16.9 Å². The van der Waals surface area contributed by atoms with E-state index >= 15 is 0 Å². The molecule has 0 radical (unpaired) electrons. The second-order valence-corrected chi connectivity index (χ2v) is 8.32. The minimum atomic E-state index is -0.687. The summed E-state index contributed by atoms with van der Waals surface area (Å²) in [5.74, 6) is 2.44. The topological polar surface area (TPSA) is 95.8 Å². The number of aryl methyl sites for hydroxylation is 2. The third kappa shape index (κ3) is 5.97. The van der Waals surface area contributed by atoms with Crippen molar-refractivity contribution in [3.8, 4) is 0 Å². The third-order valence-electron chi connectivity index (χ3n) is 3.94. The maximum absolute atomic E-state index is 10.3. The Labute approximate surface area is 169 Å². The van der Waals surface area contributed by atoms with Crippen LogP contribution < -0.4 is 10.6 Å². The molecule has 0 saturated heterocycles. The van der Waals surface area contributed by atoms with Crippen LogP contribution in [0.2, 0.25) is 0 Å². The minimum Gasteiger partial charge on any atom is -0.373 e. The molecule has 0 bridgehead atoms. The van der Waals surface area contributed by atoms with Crippen molar-refractivity contribution in [3.63, 3.8) is 0 Å². The van der Waals surface area contributed by atoms with Crippen LogP contribution in [0.5, 0.6) is 0 Å². The van der Waals surface area contributed by atoms with Crippen molar-refractivity contribution in [2.75, 3.05) is 10.6 Å². The molecule has 3 N–H and O–H groups in total. The molecule has 0 amide bonds. The monoisotopic (exact) mass is 398 g/mol. The van der Waals surface area contributed by atoms with Crippen LogP contribution in [0, 0.1) is 19.8 Å². The van der Waals surface area contributed by atoms with Gasteiger partial charge < -0.3 is 10.4 Å². The fraction of sp³-hybridized carbons (Fsp3) is 0.400. The van der Waals surface area contributed by atoms with Crippen molar-refractivity contribution in [3.05, 3.63) is 52.6 Å². The predicted octanol–water partition coefficient (Wildman–Crippen LogP) is 3.86. The number of nitrogens with zero attached hydrogens (tertiary/aromatic N) is 4. The Morgan fingerprint density at radius 2 is 1.79 bits per heavy atom. The van der Waals surface area contributed by atoms with E-state index in [4.69, 9.17) is 0 Å². The van der Waals surface area contributed by atoms with E-state index < -0.39 is 6.23 Å². The molecule has 3 rings (SSSR count). The summed E-state index contributed by atoms with van der Waals surface area (Å²) in [4.78, 5) is 18.5. The van der Waals surface area contributed by atoms with Gasteiger partial charge in [-0.25, -0.2) is 9.97 Å². The van der Waals surface area contributed by atoms with Crippen molar-refractivity contribution >= 4 is 28.1 Å². The number of aliphatic hydroxyl groups excluding tert-OH is 1. The number of hydrogen-bond acceptors (Lipinski definition) is 8. The fourth-order valence-electron chi connectivity index (χ4n) is 2.69. The first-order chi connectivity index (χ1) is 13.4. The van der Waals surface area contributed by atoms with Gasteiger partial charge in [0.2, 0.25) is 5.95 Å². The van der Waals surface area contributed by atoms with E-state index in [2.05, 4.69) is 44.4 Å². The number of aromatic nitrogens is 4. The zero-order chi connectivity index (χ0) is 20.1. The van der Waals surface area contributed by atoms with Gasteiger partial charge in [-0.05, 0) is 31.9 Å². The predicted molar refractivity (Wildman–Crippen MR) is 113 cm³/mol. The van der Waals surface area contributed by atoms with Gasteiger partial charge >= 0.3 is 0 Å². The van der Waals surface area contributed by atoms with Crippen LogP contribution in [0.15, 0.2) is 30.5 Å². The molecule has 0 fully saturated rings. The van der Waals surface area contributed by atoms with Crippen LogP contribution in [0.4, 0.5) is 16.8 Å². The molecule has 28 heavy (non-hydrogen) atoms. The molecular formula is C20H26N6OS. The Morgan fingerprint density at radius 1 is 1.04 bits per heavy atom. The molecule has 0 aliphatic rings. The van der Waals surface area contributed by atoms with Crippen molar-refractivity contribution in [1.82, 2.24) is 19.9 Å². The molecule has 1 aromatic carbocycles. The summed E-state index contributed by atoms with van der Waals surface area (Å²) < 4.78 is 0. The van der Waals surface area contributed by atoms with E-state index in [1.54, 1.807) is 6.20 Å². The standard InChI is InChI=1S/C20H26N6OS/c1-12(2)9-17-22-14(4)23-19(25-17)26-20-21-11-16(28-20)10-18(27)24-15-7-5-13(3)6-8-15/h5-8,11-12,18,24,27H,9-10H2,1-4H3,(H,21,22,23,25,26). The van der Waals surface area contributed by atoms with Crippen LogP contribution in [-0.2, 0) is 12.8 Å². The van der Waals surface area contributed by atoms with Gasteiger partial charge in [-0.1, -0.05) is 31.5 Å². The maximum Gasteiger partial charge on any atom is 0.232 e. The molecule has 8 heteroatoms. The molecule has 148 valence electrons. The Morgan fingerprint density at radius 3 is 2.50 bits per heavy atom. The lowest BCUT2D eigenvalue weighted by molar-refractivity contribution is 0.205. The van der Waals surface area contributed by atoms with Gasteiger partial charge in [0.15, 0.2) is 5.13 Å². The van der Waals surface area contributed by atoms with Crippen LogP contribution >= 0.6 is 11.3 Å². The van der Waals surface area contributed by atoms with Gasteiger partial charge in [-0.2, -0.15) is 9.97 Å². The van der Waals surface area contributed by atoms with Gasteiger partial charge in [-0.3, -0.25) is 5.32 Å². The van der Waals surface area contributed by atoms with Gasteiger partial charge in [-0.15, -0.1) is 11.3 Å². The quantitative estimate of drug-likeness (QED) is 0.496. The molecular weight excluding hydrogens is 372 g/mol. The van der Waals surface area contributed by atoms with E-state index in [9.17, 15) is 5.11 Å². The van der Waals surface area contributed by atoms with Crippen molar-refractivity contribution in [2.45, 2.75) is 46.8 Å². The first-order valence-electron chi connectivity index (χ1n) is 9.32. The van der Waals surface area contributed by atoms with Crippen LogP contribution in [-0.4, -0.2) is 31.3 Å². The number of nitrogens with one attached hydrogen (secondary N) is 2. The summed E-state index contributed by atoms with van der Waals surface area (Å²) in [5, 5.41) is 17.2. The van der Waals surface area contributed by atoms with Crippen molar-refractivity contribution in [2.24, 2.45) is 5.92 Å². The number of rotatable bonds is 8. The average molecular weight is 399 g/mol. The Hall–Kier alpha value is -2.58. The summed E-state index contributed by atoms with van der Waals surface area (Å²) in [6.07, 6.45) is 2.34. The highest BCUT2D eigenvalue weighted by molar-refractivity contribution is 7.15. The summed E-state index contributed by atoms with van der Waals surface area (Å²) >= 11 is 1.47. The van der Waals surface area contributed by atoms with Gasteiger partial charge in [0.25, 0.3) is 0 Å². The highest BCUT2D eigenvalue weighted by Gasteiger charge is 2.11. The SMILES string of the molecule is Cc1ccc(NC(O)Cc2cnc(Nc3nc(C)nc(CC(C)C)n3)s2)cc1. The Bertz CT molecular complexity index is 909. The number of thiazole rings is 1. The Kier molecular flexibility index (Phi) is 6.53. The minimum absolute atomic E-state index is 0.460. The average Bonchev–Trinajstić information content (AvgIpc) is 3.02. The zero-order valence-corrected chi connectivity index (χ0v) is 17.4. The van der Waals surface area contributed by atoms with Crippen LogP contribution in [0.3, 0.4) is 0 Å². The molecule has 3 aromatic rings. The van der Waals surface area contributed by atoms with Crippen LogP contribution in [0.1, 0.15) is 35.9 Å². The molecule has 2 heterocycles. The normalized spacial score (nSPS) is 12.2. The number of hydrogen-bond donors (Lipinski definition) is 3. The molecule has 1 atom stereocenters. The highest BCUT2D eigenvalue weighted by atomic mass is 32.1. The summed E-state index contributed by atoms with van der Waals surface area (Å²) in [5.41, 5.74) is 2.07. The molecule has 0 saturated carbocycles. The second-order valence-electron chi connectivity index (χ2n) is 7.21. The highest BCUT2D eigenvalue weighted by Crippen LogP contribution is 2.23. The Balaban J connectivity index is 1.61. The molecule has 0 spiro atoms. The van der Waals surface area contributed by atoms with Crippen LogP contribution in [0.25, 0.3) is 0 Å². The fourth-order valence-corrected chi connectivity index (χ4v) is 3.53. The lowest BCUT2D eigenvalue weighted by Crippen LogP contribution is -2.20. The number of aliphatic hydroxyl groups is 1. The largest absolute Gasteiger partial charge is 0.373 e. The lowest BCUT2D eigenvalue weighted by Gasteiger charge is -2.13. The second kappa shape index (κ2) is 9.07. The van der Waals surface area contributed by atoms with Gasteiger partial charge in [0.1, 0.15) is 17.9 Å². The van der Waals surface area contributed by atoms with E-state index in [1.807, 2.05) is 38.1 Å². The zero-order valence-electron chi connectivity index (χ0n) is 16.6. The smallest absolute Gasteiger partial charge is 0.232 e. The lowest BCUT2D eigenvalue weighted by atomic mass is 10.1. The summed E-state index contributed by atoms with van der Waals surface area (Å²) in [6, 6.07) is 7.92. The molecule has 7 nitrogen and oxygen atoms in total. The number of anilines is 3. The first kappa shape index (κ1) is 20.2. The maximum atomic E-state index is 10.3. The van der Waals surface area contributed by atoms with Crippen molar-refractivity contribution in [1.29, 1.82) is 0 Å². The summed E-state index contributed by atoms with van der Waals surface area (Å²) in [7, 11) is 0.